The Morgan fingerprint density at radius 2 is 2.09 bits per heavy atom. The van der Waals surface area contributed by atoms with Crippen molar-refractivity contribution in [3.05, 3.63) is 29.6 Å². The second-order valence-electron chi connectivity index (χ2n) is 6.77. The molecule has 7 heteroatoms. The Labute approximate surface area is 135 Å². The Bertz CT molecular complexity index is 663. The van der Waals surface area contributed by atoms with Crippen molar-refractivity contribution in [1.29, 1.82) is 0 Å². The van der Waals surface area contributed by atoms with E-state index in [0.29, 0.717) is 12.0 Å². The van der Waals surface area contributed by atoms with Gasteiger partial charge in [0.05, 0.1) is 19.3 Å². The molecule has 0 aromatic carbocycles. The van der Waals surface area contributed by atoms with Crippen molar-refractivity contribution in [2.75, 3.05) is 20.1 Å². The van der Waals surface area contributed by atoms with Crippen LogP contribution in [0.3, 0.4) is 0 Å². The summed E-state index contributed by atoms with van der Waals surface area (Å²) in [6.07, 6.45) is 5.30. The van der Waals surface area contributed by atoms with E-state index in [-0.39, 0.29) is 0 Å². The van der Waals surface area contributed by atoms with E-state index >= 15 is 0 Å². The van der Waals surface area contributed by atoms with Gasteiger partial charge in [-0.2, -0.15) is 0 Å². The lowest BCUT2D eigenvalue weighted by Crippen LogP contribution is -2.34. The standard InChI is InChI=1S/C16H23N5O2/c1-11-7-17-14(22-11)10-21-6-5-13(8-21)20(2)9-15-18-19-16(23-15)12-3-4-12/h7,12-13H,3-6,8-10H2,1-2H3/t13-/m0/s1. The predicted octanol–water partition coefficient (Wildman–Crippen LogP) is 1.95. The number of nitrogens with zero attached hydrogens (tertiary/aromatic N) is 5. The summed E-state index contributed by atoms with van der Waals surface area (Å²) in [7, 11) is 2.13. The summed E-state index contributed by atoms with van der Waals surface area (Å²) < 4.78 is 11.3. The molecule has 1 saturated heterocycles. The topological polar surface area (TPSA) is 71.4 Å². The summed E-state index contributed by atoms with van der Waals surface area (Å²) >= 11 is 0. The molecule has 0 unspecified atom stereocenters. The average molecular weight is 317 g/mol. The van der Waals surface area contributed by atoms with Crippen LogP contribution < -0.4 is 0 Å². The molecular weight excluding hydrogens is 294 g/mol. The normalized spacial score (nSPS) is 22.3. The number of oxazole rings is 1. The molecule has 23 heavy (non-hydrogen) atoms. The molecule has 2 aliphatic rings. The van der Waals surface area contributed by atoms with Crippen LogP contribution in [0.15, 0.2) is 15.0 Å². The monoisotopic (exact) mass is 317 g/mol. The van der Waals surface area contributed by atoms with Gasteiger partial charge in [0.25, 0.3) is 0 Å². The van der Waals surface area contributed by atoms with E-state index in [1.807, 2.05) is 6.92 Å². The number of aryl methyl sites for hydroxylation is 1. The second-order valence-corrected chi connectivity index (χ2v) is 6.77. The Hall–Kier alpha value is -1.73. The van der Waals surface area contributed by atoms with Crippen molar-refractivity contribution in [1.82, 2.24) is 25.0 Å². The van der Waals surface area contributed by atoms with Crippen LogP contribution >= 0.6 is 0 Å². The number of rotatable bonds is 6. The molecule has 0 bridgehead atoms. The van der Waals surface area contributed by atoms with E-state index in [2.05, 4.69) is 32.0 Å². The lowest BCUT2D eigenvalue weighted by molar-refractivity contribution is 0.199. The van der Waals surface area contributed by atoms with E-state index in [1.165, 1.54) is 12.8 Å². The first kappa shape index (κ1) is 14.8. The van der Waals surface area contributed by atoms with Crippen molar-refractivity contribution in [2.45, 2.75) is 51.2 Å². The van der Waals surface area contributed by atoms with Crippen LogP contribution in [0.2, 0.25) is 0 Å². The van der Waals surface area contributed by atoms with E-state index in [0.717, 1.165) is 56.0 Å². The van der Waals surface area contributed by atoms with Gasteiger partial charge in [0.1, 0.15) is 5.76 Å². The largest absolute Gasteiger partial charge is 0.445 e. The van der Waals surface area contributed by atoms with Gasteiger partial charge < -0.3 is 8.83 Å². The summed E-state index contributed by atoms with van der Waals surface area (Å²) in [6, 6.07) is 0.502. The molecule has 1 aliphatic carbocycles. The van der Waals surface area contributed by atoms with Gasteiger partial charge in [0.2, 0.25) is 17.7 Å². The van der Waals surface area contributed by atoms with Crippen molar-refractivity contribution in [3.8, 4) is 0 Å². The number of likely N-dealkylation sites (tertiary alicyclic amines) is 1. The van der Waals surface area contributed by atoms with Crippen LogP contribution in [0, 0.1) is 6.92 Å². The van der Waals surface area contributed by atoms with Crippen LogP contribution in [-0.4, -0.2) is 51.2 Å². The number of hydrogen-bond acceptors (Lipinski definition) is 7. The Morgan fingerprint density at radius 3 is 2.83 bits per heavy atom. The van der Waals surface area contributed by atoms with Gasteiger partial charge in [0, 0.05) is 25.0 Å². The van der Waals surface area contributed by atoms with Gasteiger partial charge in [-0.05, 0) is 33.2 Å². The molecule has 3 heterocycles. The highest BCUT2D eigenvalue weighted by atomic mass is 16.4. The zero-order chi connectivity index (χ0) is 15.8. The van der Waals surface area contributed by atoms with Gasteiger partial charge in [-0.3, -0.25) is 9.80 Å². The minimum atomic E-state index is 0.502. The molecule has 0 spiro atoms. The minimum absolute atomic E-state index is 0.502. The average Bonchev–Trinajstić information content (AvgIpc) is 2.93. The van der Waals surface area contributed by atoms with Crippen LogP contribution in [0.5, 0.6) is 0 Å². The smallest absolute Gasteiger partial charge is 0.230 e. The SMILES string of the molecule is Cc1cnc(CN2CC[C@H](N(C)Cc3nnc(C4CC4)o3)C2)o1. The third-order valence-corrected chi connectivity index (χ3v) is 4.69. The molecule has 1 atom stereocenters. The van der Waals surface area contributed by atoms with Crippen LogP contribution in [0.25, 0.3) is 0 Å². The van der Waals surface area contributed by atoms with Gasteiger partial charge in [-0.15, -0.1) is 10.2 Å². The van der Waals surface area contributed by atoms with E-state index in [1.54, 1.807) is 6.20 Å². The van der Waals surface area contributed by atoms with E-state index in [9.17, 15) is 0 Å². The lowest BCUT2D eigenvalue weighted by atomic mass is 10.2. The first-order valence-electron chi connectivity index (χ1n) is 8.33. The summed E-state index contributed by atoms with van der Waals surface area (Å²) in [5, 5.41) is 8.34. The van der Waals surface area contributed by atoms with Gasteiger partial charge in [-0.25, -0.2) is 4.98 Å². The quantitative estimate of drug-likeness (QED) is 0.806. The minimum Gasteiger partial charge on any atom is -0.445 e. The third-order valence-electron chi connectivity index (χ3n) is 4.69. The number of hydrogen-bond donors (Lipinski definition) is 0. The van der Waals surface area contributed by atoms with Crippen molar-refractivity contribution in [3.63, 3.8) is 0 Å². The fraction of sp³-hybridized carbons (Fsp3) is 0.688. The molecule has 4 rings (SSSR count). The molecule has 1 aliphatic heterocycles. The first-order chi connectivity index (χ1) is 11.2. The molecule has 7 nitrogen and oxygen atoms in total. The van der Waals surface area contributed by atoms with E-state index in [4.69, 9.17) is 8.83 Å². The molecular formula is C16H23N5O2. The molecule has 0 amide bonds. The summed E-state index contributed by atoms with van der Waals surface area (Å²) in [6.45, 7) is 5.51. The van der Waals surface area contributed by atoms with Gasteiger partial charge >= 0.3 is 0 Å². The summed E-state index contributed by atoms with van der Waals surface area (Å²) in [4.78, 5) is 8.98. The third kappa shape index (κ3) is 3.45. The fourth-order valence-electron chi connectivity index (χ4n) is 3.15. The number of likely N-dealkylation sites (N-methyl/N-ethyl adjacent to an activating group) is 1. The maximum absolute atomic E-state index is 5.76. The number of aromatic nitrogens is 3. The first-order valence-corrected chi connectivity index (χ1v) is 8.33. The molecule has 2 aromatic rings. The van der Waals surface area contributed by atoms with Gasteiger partial charge in [0.15, 0.2) is 0 Å². The Kier molecular flexibility index (Phi) is 3.90. The highest BCUT2D eigenvalue weighted by Crippen LogP contribution is 2.39. The highest BCUT2D eigenvalue weighted by Gasteiger charge is 2.31. The van der Waals surface area contributed by atoms with Crippen molar-refractivity contribution in [2.24, 2.45) is 0 Å². The highest BCUT2D eigenvalue weighted by molar-refractivity contribution is 5.00. The molecule has 1 saturated carbocycles. The summed E-state index contributed by atoms with van der Waals surface area (Å²) in [5.41, 5.74) is 0. The van der Waals surface area contributed by atoms with E-state index < -0.39 is 0 Å². The van der Waals surface area contributed by atoms with Crippen molar-refractivity contribution < 1.29 is 8.83 Å². The Morgan fingerprint density at radius 1 is 1.22 bits per heavy atom. The van der Waals surface area contributed by atoms with Crippen LogP contribution in [0.4, 0.5) is 0 Å². The van der Waals surface area contributed by atoms with Crippen LogP contribution in [0.1, 0.15) is 48.6 Å². The molecule has 0 N–H and O–H groups in total. The molecule has 2 aromatic heterocycles. The second kappa shape index (κ2) is 6.05. The zero-order valence-corrected chi connectivity index (χ0v) is 13.7. The fourth-order valence-corrected chi connectivity index (χ4v) is 3.15. The van der Waals surface area contributed by atoms with Crippen molar-refractivity contribution >= 4 is 0 Å². The maximum Gasteiger partial charge on any atom is 0.230 e. The van der Waals surface area contributed by atoms with Gasteiger partial charge in [-0.1, -0.05) is 0 Å². The zero-order valence-electron chi connectivity index (χ0n) is 13.7. The van der Waals surface area contributed by atoms with Crippen LogP contribution in [-0.2, 0) is 13.1 Å². The molecule has 124 valence electrons. The summed E-state index contributed by atoms with van der Waals surface area (Å²) in [5.74, 6) is 3.75. The predicted molar refractivity (Wildman–Crippen MR) is 82.7 cm³/mol. The maximum atomic E-state index is 5.76. The lowest BCUT2D eigenvalue weighted by Gasteiger charge is -2.22. The molecule has 2 fully saturated rings. The Balaban J connectivity index is 1.29. The molecule has 0 radical (unpaired) electrons.